The van der Waals surface area contributed by atoms with Crippen molar-refractivity contribution in [2.75, 3.05) is 32.9 Å². The Morgan fingerprint density at radius 1 is 1.29 bits per heavy atom. The second-order valence-corrected chi connectivity index (χ2v) is 8.03. The van der Waals surface area contributed by atoms with Crippen LogP contribution in [0, 0.1) is 10.8 Å². The highest BCUT2D eigenvalue weighted by atomic mass is 19.3. The normalized spacial score (nSPS) is 35.1. The Balaban J connectivity index is 2.32. The molecule has 3 aliphatic heterocycles. The summed E-state index contributed by atoms with van der Waals surface area (Å²) in [7, 11) is 0. The maximum Gasteiger partial charge on any atom is 0.311 e. The molecule has 0 aromatic heterocycles. The number of alkyl halides is 2. The second kappa shape index (κ2) is 6.02. The summed E-state index contributed by atoms with van der Waals surface area (Å²) in [4.78, 5) is 26.6. The molecule has 3 atom stereocenters. The number of hydrogen-bond donors (Lipinski definition) is 0. The van der Waals surface area contributed by atoms with E-state index < -0.39 is 40.6 Å². The number of ketones is 1. The van der Waals surface area contributed by atoms with Gasteiger partial charge in [-0.3, -0.25) is 14.5 Å². The van der Waals surface area contributed by atoms with Crippen LogP contribution in [0.4, 0.5) is 8.78 Å². The summed E-state index contributed by atoms with van der Waals surface area (Å²) in [5.74, 6) is -4.15. The number of rotatable bonds is 5. The molecule has 3 unspecified atom stereocenters. The number of ether oxygens (including phenoxy) is 2. The van der Waals surface area contributed by atoms with Crippen LogP contribution in [0.2, 0.25) is 0 Å². The van der Waals surface area contributed by atoms with Gasteiger partial charge in [-0.05, 0) is 41.0 Å². The maximum atomic E-state index is 14.4. The summed E-state index contributed by atoms with van der Waals surface area (Å²) in [6.07, 6.45) is 0.0971. The van der Waals surface area contributed by atoms with E-state index in [-0.39, 0.29) is 19.6 Å². The predicted molar refractivity (Wildman–Crippen MR) is 83.9 cm³/mol. The number of Topliss-reactive ketones (excluding diaryl/α,β-unsaturated/α-hetero) is 1. The third-order valence-electron chi connectivity index (χ3n) is 5.21. The minimum Gasteiger partial charge on any atom is -0.463 e. The van der Waals surface area contributed by atoms with Crippen molar-refractivity contribution in [1.29, 1.82) is 0 Å². The maximum absolute atomic E-state index is 14.4. The molecule has 3 fully saturated rings. The molecule has 3 aliphatic rings. The van der Waals surface area contributed by atoms with Crippen molar-refractivity contribution in [3.63, 3.8) is 0 Å². The molecular weight excluding hydrogens is 320 g/mol. The number of esters is 1. The Bertz CT molecular complexity index is 531. The molecule has 0 aliphatic carbocycles. The molecule has 7 heteroatoms. The van der Waals surface area contributed by atoms with Gasteiger partial charge < -0.3 is 9.47 Å². The molecule has 0 aromatic carbocycles. The molecule has 0 spiro atoms. The first-order chi connectivity index (χ1) is 10.9. The first kappa shape index (κ1) is 19.2. The highest BCUT2D eigenvalue weighted by molar-refractivity contribution is 5.96. The van der Waals surface area contributed by atoms with E-state index in [4.69, 9.17) is 9.47 Å². The van der Waals surface area contributed by atoms with Crippen LogP contribution in [0.15, 0.2) is 0 Å². The lowest BCUT2D eigenvalue weighted by atomic mass is 9.62. The van der Waals surface area contributed by atoms with Crippen molar-refractivity contribution >= 4 is 11.8 Å². The molecule has 138 valence electrons. The van der Waals surface area contributed by atoms with Crippen LogP contribution in [0.3, 0.4) is 0 Å². The number of hydrogen-bond acceptors (Lipinski definition) is 5. The lowest BCUT2D eigenvalue weighted by Crippen LogP contribution is -2.78. The lowest BCUT2D eigenvalue weighted by molar-refractivity contribution is -0.234. The van der Waals surface area contributed by atoms with Crippen LogP contribution in [0.25, 0.3) is 0 Å². The van der Waals surface area contributed by atoms with Crippen molar-refractivity contribution in [2.45, 2.75) is 52.5 Å². The molecule has 2 bridgehead atoms. The number of carbonyl (C=O) groups is 2. The number of fused-ring (bicyclic) bond motifs is 3. The molecule has 3 rings (SSSR count). The first-order valence-electron chi connectivity index (χ1n) is 8.33. The Hall–Kier alpha value is -1.08. The smallest absolute Gasteiger partial charge is 0.311 e. The summed E-state index contributed by atoms with van der Waals surface area (Å²) >= 11 is 0. The van der Waals surface area contributed by atoms with Gasteiger partial charge in [-0.15, -0.1) is 0 Å². The zero-order chi connectivity index (χ0) is 18.4. The minimum atomic E-state index is -3.09. The van der Waals surface area contributed by atoms with E-state index in [0.29, 0.717) is 13.2 Å². The molecule has 5 nitrogen and oxygen atoms in total. The van der Waals surface area contributed by atoms with E-state index in [1.165, 1.54) is 11.8 Å². The Morgan fingerprint density at radius 3 is 2.42 bits per heavy atom. The van der Waals surface area contributed by atoms with Crippen LogP contribution in [-0.4, -0.2) is 61.0 Å². The van der Waals surface area contributed by atoms with E-state index >= 15 is 0 Å². The topological polar surface area (TPSA) is 55.8 Å². The molecule has 3 heterocycles. The Kier molecular flexibility index (Phi) is 4.83. The van der Waals surface area contributed by atoms with E-state index in [1.807, 2.05) is 0 Å². The zero-order valence-electron chi connectivity index (χ0n) is 15.1. The Labute approximate surface area is 141 Å². The van der Waals surface area contributed by atoms with Crippen LogP contribution in [0.1, 0.15) is 41.0 Å². The highest BCUT2D eigenvalue weighted by Crippen LogP contribution is 2.53. The van der Waals surface area contributed by atoms with Crippen LogP contribution >= 0.6 is 0 Å². The molecule has 0 amide bonds. The van der Waals surface area contributed by atoms with Crippen LogP contribution in [0.5, 0.6) is 0 Å². The van der Waals surface area contributed by atoms with Gasteiger partial charge in [0.25, 0.3) is 5.92 Å². The van der Waals surface area contributed by atoms with Gasteiger partial charge in [0.05, 0.1) is 24.0 Å². The minimum absolute atomic E-state index is 0.0502. The number of nitrogens with zero attached hydrogens (tertiary/aromatic N) is 1. The molecule has 3 saturated heterocycles. The third-order valence-corrected chi connectivity index (χ3v) is 5.21. The standard InChI is InChI=1S/C17H27F2NO4/c1-6-23-10-16(11-24-13(22)14(2,3)4)12(21)15(5)7-8-20(16)9-17(15,18)19/h6-11H2,1-5H3. The van der Waals surface area contributed by atoms with E-state index in [9.17, 15) is 18.4 Å². The molecule has 0 N–H and O–H groups in total. The van der Waals surface area contributed by atoms with Gasteiger partial charge in [0.15, 0.2) is 5.78 Å². The van der Waals surface area contributed by atoms with Gasteiger partial charge in [0, 0.05) is 13.2 Å². The lowest BCUT2D eigenvalue weighted by Gasteiger charge is -2.59. The van der Waals surface area contributed by atoms with Crippen LogP contribution < -0.4 is 0 Å². The summed E-state index contributed by atoms with van der Waals surface area (Å²) in [6, 6.07) is 0. The largest absolute Gasteiger partial charge is 0.463 e. The van der Waals surface area contributed by atoms with Gasteiger partial charge in [-0.2, -0.15) is 0 Å². The van der Waals surface area contributed by atoms with Gasteiger partial charge in [-0.25, -0.2) is 8.78 Å². The number of carbonyl (C=O) groups excluding carboxylic acids is 2. The van der Waals surface area contributed by atoms with Crippen LogP contribution in [-0.2, 0) is 19.1 Å². The highest BCUT2D eigenvalue weighted by Gasteiger charge is 2.70. The molecule has 0 radical (unpaired) electrons. The van der Waals surface area contributed by atoms with Crippen molar-refractivity contribution in [1.82, 2.24) is 4.90 Å². The summed E-state index contributed by atoms with van der Waals surface area (Å²) in [6.45, 7) is 8.08. The van der Waals surface area contributed by atoms with Crippen molar-refractivity contribution in [3.05, 3.63) is 0 Å². The first-order valence-corrected chi connectivity index (χ1v) is 8.33. The zero-order valence-corrected chi connectivity index (χ0v) is 15.1. The average Bonchev–Trinajstić information content (AvgIpc) is 2.47. The second-order valence-electron chi connectivity index (χ2n) is 8.03. The van der Waals surface area contributed by atoms with E-state index in [1.54, 1.807) is 27.7 Å². The summed E-state index contributed by atoms with van der Waals surface area (Å²) < 4.78 is 39.5. The van der Waals surface area contributed by atoms with Crippen molar-refractivity contribution < 1.29 is 27.8 Å². The quantitative estimate of drug-likeness (QED) is 0.714. The van der Waals surface area contributed by atoms with Gasteiger partial charge in [0.1, 0.15) is 12.1 Å². The monoisotopic (exact) mass is 347 g/mol. The molecule has 24 heavy (non-hydrogen) atoms. The fourth-order valence-electron chi connectivity index (χ4n) is 3.36. The molecule has 0 aromatic rings. The summed E-state index contributed by atoms with van der Waals surface area (Å²) in [5, 5.41) is 0. The van der Waals surface area contributed by atoms with Gasteiger partial charge >= 0.3 is 5.97 Å². The summed E-state index contributed by atoms with van der Waals surface area (Å²) in [5.41, 5.74) is -3.80. The fraction of sp³-hybridized carbons (Fsp3) is 0.882. The SMILES string of the molecule is CCOCC1(COC(=O)C(C)(C)C)C(=O)C2(C)CCN1CC2(F)F. The van der Waals surface area contributed by atoms with Crippen molar-refractivity contribution in [2.24, 2.45) is 10.8 Å². The number of halogens is 2. The third kappa shape index (κ3) is 2.86. The van der Waals surface area contributed by atoms with Gasteiger partial charge in [-0.1, -0.05) is 0 Å². The van der Waals surface area contributed by atoms with Gasteiger partial charge in [0.2, 0.25) is 0 Å². The van der Waals surface area contributed by atoms with E-state index in [2.05, 4.69) is 0 Å². The number of piperidine rings is 3. The fourth-order valence-corrected chi connectivity index (χ4v) is 3.36. The molecular formula is C17H27F2NO4. The predicted octanol–water partition coefficient (Wildman–Crippen LogP) is 2.28. The molecule has 0 saturated carbocycles. The van der Waals surface area contributed by atoms with E-state index in [0.717, 1.165) is 0 Å². The average molecular weight is 347 g/mol. The van der Waals surface area contributed by atoms with Crippen molar-refractivity contribution in [3.8, 4) is 0 Å². The Morgan fingerprint density at radius 2 is 1.92 bits per heavy atom.